The Morgan fingerprint density at radius 3 is 2.59 bits per heavy atom. The minimum absolute atomic E-state index is 0.674. The highest BCUT2D eigenvalue weighted by atomic mass is 16.5. The summed E-state index contributed by atoms with van der Waals surface area (Å²) in [5, 5.41) is 4.81. The highest BCUT2D eigenvalue weighted by molar-refractivity contribution is 5.98. The van der Waals surface area contributed by atoms with Gasteiger partial charge in [-0.05, 0) is 44.5 Å². The third-order valence-corrected chi connectivity index (χ3v) is 4.80. The molecule has 144 valence electrons. The van der Waals surface area contributed by atoms with E-state index in [9.17, 15) is 0 Å². The van der Waals surface area contributed by atoms with Gasteiger partial charge in [-0.1, -0.05) is 6.07 Å². The van der Waals surface area contributed by atoms with Crippen LogP contribution in [0, 0.1) is 13.8 Å². The molecule has 0 radical (unpaired) electrons. The molecule has 2 heterocycles. The maximum absolute atomic E-state index is 5.62. The molecule has 1 aromatic carbocycles. The SMILES string of the molecule is CCN(CCOC)c1cc(C)nc2c(-c3ccc(C)cc3OC)nn(C)c12. The number of likely N-dealkylation sites (N-methyl/N-ethyl adjacent to an activating group) is 1. The van der Waals surface area contributed by atoms with E-state index < -0.39 is 0 Å². The number of hydrogen-bond acceptors (Lipinski definition) is 5. The van der Waals surface area contributed by atoms with Crippen LogP contribution in [0.2, 0.25) is 0 Å². The topological polar surface area (TPSA) is 52.4 Å². The minimum Gasteiger partial charge on any atom is -0.496 e. The van der Waals surface area contributed by atoms with Crippen LogP contribution in [-0.2, 0) is 11.8 Å². The van der Waals surface area contributed by atoms with E-state index in [1.807, 2.05) is 24.7 Å². The van der Waals surface area contributed by atoms with Crippen LogP contribution in [0.15, 0.2) is 24.3 Å². The van der Waals surface area contributed by atoms with E-state index in [0.29, 0.717) is 6.61 Å². The largest absolute Gasteiger partial charge is 0.496 e. The first kappa shape index (κ1) is 19.2. The number of aryl methyl sites for hydroxylation is 3. The molecule has 0 amide bonds. The van der Waals surface area contributed by atoms with Gasteiger partial charge in [0, 0.05) is 38.5 Å². The number of nitrogens with zero attached hydrogens (tertiary/aromatic N) is 4. The van der Waals surface area contributed by atoms with Crippen molar-refractivity contribution in [3.05, 3.63) is 35.5 Å². The fourth-order valence-electron chi connectivity index (χ4n) is 3.45. The lowest BCUT2D eigenvalue weighted by molar-refractivity contribution is 0.205. The molecule has 6 heteroatoms. The average Bonchev–Trinajstić information content (AvgIpc) is 2.98. The smallest absolute Gasteiger partial charge is 0.128 e. The zero-order valence-electron chi connectivity index (χ0n) is 17.0. The molecule has 0 saturated carbocycles. The molecule has 0 bridgehead atoms. The van der Waals surface area contributed by atoms with Crippen LogP contribution in [0.5, 0.6) is 5.75 Å². The van der Waals surface area contributed by atoms with Gasteiger partial charge in [0.2, 0.25) is 0 Å². The summed E-state index contributed by atoms with van der Waals surface area (Å²) in [5.74, 6) is 0.812. The third kappa shape index (κ3) is 3.62. The number of anilines is 1. The Labute approximate surface area is 160 Å². The maximum Gasteiger partial charge on any atom is 0.128 e. The van der Waals surface area contributed by atoms with Crippen molar-refractivity contribution in [2.45, 2.75) is 20.8 Å². The number of methoxy groups -OCH3 is 2. The normalized spacial score (nSPS) is 11.2. The van der Waals surface area contributed by atoms with Crippen LogP contribution in [0.3, 0.4) is 0 Å². The Bertz CT molecular complexity index is 949. The summed E-state index contributed by atoms with van der Waals surface area (Å²) in [7, 11) is 5.39. The molecule has 0 spiro atoms. The number of fused-ring (bicyclic) bond motifs is 1. The van der Waals surface area contributed by atoms with Gasteiger partial charge in [0.05, 0.1) is 19.4 Å². The highest BCUT2D eigenvalue weighted by Crippen LogP contribution is 2.37. The quantitative estimate of drug-likeness (QED) is 0.636. The first-order chi connectivity index (χ1) is 13.0. The lowest BCUT2D eigenvalue weighted by atomic mass is 10.1. The standard InChI is InChI=1S/C21H28N4O2/c1-7-25(10-11-26-5)17-13-15(3)22-20-19(23-24(4)21(17)20)16-9-8-14(2)12-18(16)27-6/h8-9,12-13H,7,10-11H2,1-6H3. The zero-order chi connectivity index (χ0) is 19.6. The second-order valence-electron chi connectivity index (χ2n) is 6.73. The predicted molar refractivity (Wildman–Crippen MR) is 110 cm³/mol. The first-order valence-corrected chi connectivity index (χ1v) is 9.23. The third-order valence-electron chi connectivity index (χ3n) is 4.80. The van der Waals surface area contributed by atoms with Gasteiger partial charge < -0.3 is 14.4 Å². The monoisotopic (exact) mass is 368 g/mol. The first-order valence-electron chi connectivity index (χ1n) is 9.23. The van der Waals surface area contributed by atoms with E-state index in [4.69, 9.17) is 19.6 Å². The van der Waals surface area contributed by atoms with Crippen molar-refractivity contribution < 1.29 is 9.47 Å². The van der Waals surface area contributed by atoms with Crippen molar-refractivity contribution in [3.63, 3.8) is 0 Å². The molecule has 27 heavy (non-hydrogen) atoms. The summed E-state index contributed by atoms with van der Waals surface area (Å²) < 4.78 is 12.8. The summed E-state index contributed by atoms with van der Waals surface area (Å²) in [6.45, 7) is 8.61. The number of pyridine rings is 1. The second kappa shape index (κ2) is 7.96. The van der Waals surface area contributed by atoms with Gasteiger partial charge in [-0.2, -0.15) is 5.10 Å². The maximum atomic E-state index is 5.62. The van der Waals surface area contributed by atoms with Crippen molar-refractivity contribution >= 4 is 16.7 Å². The Balaban J connectivity index is 2.24. The summed E-state index contributed by atoms with van der Waals surface area (Å²) in [4.78, 5) is 7.14. The zero-order valence-corrected chi connectivity index (χ0v) is 17.0. The number of hydrogen-bond donors (Lipinski definition) is 0. The number of rotatable bonds is 7. The van der Waals surface area contributed by atoms with Crippen molar-refractivity contribution in [2.75, 3.05) is 38.8 Å². The molecule has 0 aliphatic carbocycles. The summed E-state index contributed by atoms with van der Waals surface area (Å²) in [6, 6.07) is 8.29. The fraction of sp³-hybridized carbons (Fsp3) is 0.429. The predicted octanol–water partition coefficient (Wildman–Crippen LogP) is 3.73. The number of ether oxygens (including phenoxy) is 2. The van der Waals surface area contributed by atoms with Crippen LogP contribution in [0.1, 0.15) is 18.2 Å². The number of aromatic nitrogens is 3. The van der Waals surface area contributed by atoms with Crippen LogP contribution >= 0.6 is 0 Å². The van der Waals surface area contributed by atoms with Gasteiger partial charge in [0.25, 0.3) is 0 Å². The van der Waals surface area contributed by atoms with E-state index >= 15 is 0 Å². The molecular formula is C21H28N4O2. The van der Waals surface area contributed by atoms with Gasteiger partial charge in [0.15, 0.2) is 0 Å². The van der Waals surface area contributed by atoms with Crippen molar-refractivity contribution in [1.29, 1.82) is 0 Å². The number of benzene rings is 1. The fourth-order valence-corrected chi connectivity index (χ4v) is 3.45. The van der Waals surface area contributed by atoms with E-state index in [0.717, 1.165) is 58.1 Å². The molecular weight excluding hydrogens is 340 g/mol. The average molecular weight is 368 g/mol. The molecule has 3 rings (SSSR count). The van der Waals surface area contributed by atoms with Crippen LogP contribution < -0.4 is 9.64 Å². The Morgan fingerprint density at radius 2 is 1.93 bits per heavy atom. The minimum atomic E-state index is 0.674. The molecule has 0 aliphatic heterocycles. The van der Waals surface area contributed by atoms with Gasteiger partial charge >= 0.3 is 0 Å². The van der Waals surface area contributed by atoms with E-state index in [1.54, 1.807) is 14.2 Å². The molecule has 0 N–H and O–H groups in total. The van der Waals surface area contributed by atoms with Crippen molar-refractivity contribution in [2.24, 2.45) is 7.05 Å². The Hall–Kier alpha value is -2.60. The summed E-state index contributed by atoms with van der Waals surface area (Å²) in [6.07, 6.45) is 0. The molecule has 0 aliphatic rings. The van der Waals surface area contributed by atoms with Gasteiger partial charge in [0.1, 0.15) is 22.5 Å². The Kier molecular flexibility index (Phi) is 5.65. The highest BCUT2D eigenvalue weighted by Gasteiger charge is 2.21. The molecule has 6 nitrogen and oxygen atoms in total. The van der Waals surface area contributed by atoms with Crippen molar-refractivity contribution in [3.8, 4) is 17.0 Å². The lowest BCUT2D eigenvalue weighted by Gasteiger charge is -2.24. The lowest BCUT2D eigenvalue weighted by Crippen LogP contribution is -2.27. The molecule has 3 aromatic rings. The van der Waals surface area contributed by atoms with Crippen LogP contribution in [-0.4, -0.2) is 48.7 Å². The Morgan fingerprint density at radius 1 is 1.15 bits per heavy atom. The molecule has 0 atom stereocenters. The van der Waals surface area contributed by atoms with E-state index in [2.05, 4.69) is 36.9 Å². The second-order valence-corrected chi connectivity index (χ2v) is 6.73. The van der Waals surface area contributed by atoms with Crippen LogP contribution in [0.4, 0.5) is 5.69 Å². The van der Waals surface area contributed by atoms with E-state index in [-0.39, 0.29) is 0 Å². The molecule has 0 fully saturated rings. The van der Waals surface area contributed by atoms with E-state index in [1.165, 1.54) is 0 Å². The van der Waals surface area contributed by atoms with Crippen molar-refractivity contribution in [1.82, 2.24) is 14.8 Å². The van der Waals surface area contributed by atoms with Gasteiger partial charge in [-0.3, -0.25) is 4.68 Å². The summed E-state index contributed by atoms with van der Waals surface area (Å²) >= 11 is 0. The van der Waals surface area contributed by atoms with Gasteiger partial charge in [-0.25, -0.2) is 4.98 Å². The molecule has 2 aromatic heterocycles. The molecule has 0 unspecified atom stereocenters. The summed E-state index contributed by atoms with van der Waals surface area (Å²) in [5.41, 5.74) is 6.96. The van der Waals surface area contributed by atoms with Crippen LogP contribution in [0.25, 0.3) is 22.3 Å². The van der Waals surface area contributed by atoms with Gasteiger partial charge in [-0.15, -0.1) is 0 Å². The molecule has 0 saturated heterocycles.